The van der Waals surface area contributed by atoms with Crippen LogP contribution in [0.3, 0.4) is 0 Å². The van der Waals surface area contributed by atoms with Crippen LogP contribution < -0.4 is 15.1 Å². The zero-order chi connectivity index (χ0) is 15.9. The molecular weight excluding hydrogens is 278 g/mol. The number of quaternary nitrogens is 1. The molecule has 1 heterocycles. The molecule has 1 aliphatic heterocycles. The lowest BCUT2D eigenvalue weighted by Gasteiger charge is -2.33. The molecule has 22 heavy (non-hydrogen) atoms. The fraction of sp³-hybridized carbons (Fsp3) is 0.588. The van der Waals surface area contributed by atoms with E-state index in [2.05, 4.69) is 24.1 Å². The van der Waals surface area contributed by atoms with Crippen LogP contribution in [0.15, 0.2) is 24.3 Å². The zero-order valence-electron chi connectivity index (χ0n) is 13.6. The van der Waals surface area contributed by atoms with Crippen molar-refractivity contribution in [2.45, 2.75) is 20.3 Å². The van der Waals surface area contributed by atoms with E-state index < -0.39 is 0 Å². The van der Waals surface area contributed by atoms with Gasteiger partial charge in [0.2, 0.25) is 0 Å². The monoisotopic (exact) mass is 306 g/mol. The Hall–Kier alpha value is -1.75. The molecule has 3 N–H and O–H groups in total. The van der Waals surface area contributed by atoms with Crippen molar-refractivity contribution in [3.8, 4) is 5.75 Å². The van der Waals surface area contributed by atoms with Crippen LogP contribution in [0.25, 0.3) is 0 Å². The Morgan fingerprint density at radius 2 is 2.00 bits per heavy atom. The molecule has 0 spiro atoms. The summed E-state index contributed by atoms with van der Waals surface area (Å²) in [4.78, 5) is 15.4. The number of carbonyl (C=O) groups excluding carboxylic acids is 1. The summed E-state index contributed by atoms with van der Waals surface area (Å²) in [6.45, 7) is 9.22. The predicted molar refractivity (Wildman–Crippen MR) is 88.3 cm³/mol. The number of rotatable bonds is 6. The molecule has 5 nitrogen and oxygen atoms in total. The predicted octanol–water partition coefficient (Wildman–Crippen LogP) is 0.259. The van der Waals surface area contributed by atoms with Crippen molar-refractivity contribution in [1.82, 2.24) is 5.32 Å². The Morgan fingerprint density at radius 3 is 2.64 bits per heavy atom. The van der Waals surface area contributed by atoms with Crippen LogP contribution in [0.2, 0.25) is 0 Å². The smallest absolute Gasteiger partial charge is 0.275 e. The fourth-order valence-corrected chi connectivity index (χ4v) is 2.76. The first kappa shape index (κ1) is 16.6. The summed E-state index contributed by atoms with van der Waals surface area (Å²) in [7, 11) is 0. The summed E-state index contributed by atoms with van der Waals surface area (Å²) < 4.78 is 0. The van der Waals surface area contributed by atoms with Crippen molar-refractivity contribution in [3.63, 3.8) is 0 Å². The zero-order valence-corrected chi connectivity index (χ0v) is 13.6. The first-order valence-corrected chi connectivity index (χ1v) is 8.19. The average molecular weight is 306 g/mol. The number of nitrogens with zero attached hydrogens (tertiary/aromatic N) is 1. The molecule has 1 amide bonds. The van der Waals surface area contributed by atoms with Gasteiger partial charge in [-0.2, -0.15) is 0 Å². The second-order valence-corrected chi connectivity index (χ2v) is 6.44. The lowest BCUT2D eigenvalue weighted by Crippen LogP contribution is -3.15. The number of aromatic hydroxyl groups is 1. The highest BCUT2D eigenvalue weighted by Gasteiger charge is 2.23. The molecule has 5 heteroatoms. The molecule has 0 saturated carbocycles. The number of carbonyl (C=O) groups is 1. The number of phenolic OH excluding ortho intramolecular Hbond substituents is 1. The standard InChI is InChI=1S/C17H27N3O2/c1-14(2)7-8-18-17(22)13-19-9-11-20(12-10-19)15-5-3-4-6-16(15)21/h3-6,14,21H,7-13H2,1-2H3,(H,18,22)/p+1. The van der Waals surface area contributed by atoms with Gasteiger partial charge in [0.25, 0.3) is 5.91 Å². The lowest BCUT2D eigenvalue weighted by molar-refractivity contribution is -0.892. The van der Waals surface area contributed by atoms with Crippen molar-refractivity contribution in [2.75, 3.05) is 44.2 Å². The normalized spacial score (nSPS) is 16.0. The topological polar surface area (TPSA) is 57.0 Å². The van der Waals surface area contributed by atoms with Crippen molar-refractivity contribution in [1.29, 1.82) is 0 Å². The van der Waals surface area contributed by atoms with Crippen LogP contribution in [0.1, 0.15) is 20.3 Å². The van der Waals surface area contributed by atoms with E-state index in [1.54, 1.807) is 6.07 Å². The Morgan fingerprint density at radius 1 is 1.32 bits per heavy atom. The highest BCUT2D eigenvalue weighted by molar-refractivity contribution is 5.76. The molecule has 1 aromatic carbocycles. The van der Waals surface area contributed by atoms with E-state index in [1.165, 1.54) is 4.90 Å². The molecular formula is C17H28N3O2+. The molecule has 0 unspecified atom stereocenters. The quantitative estimate of drug-likeness (QED) is 0.707. The van der Waals surface area contributed by atoms with Gasteiger partial charge in [-0.15, -0.1) is 0 Å². The van der Waals surface area contributed by atoms with Gasteiger partial charge >= 0.3 is 0 Å². The van der Waals surface area contributed by atoms with Crippen LogP contribution in [-0.2, 0) is 4.79 Å². The molecule has 1 saturated heterocycles. The number of phenols is 1. The molecule has 0 bridgehead atoms. The van der Waals surface area contributed by atoms with Gasteiger partial charge in [0.15, 0.2) is 6.54 Å². The van der Waals surface area contributed by atoms with Gasteiger partial charge in [0.1, 0.15) is 5.75 Å². The molecule has 2 rings (SSSR count). The number of piperazine rings is 1. The van der Waals surface area contributed by atoms with Gasteiger partial charge in [-0.25, -0.2) is 0 Å². The van der Waals surface area contributed by atoms with Crippen LogP contribution in [0, 0.1) is 5.92 Å². The van der Waals surface area contributed by atoms with Crippen molar-refractivity contribution < 1.29 is 14.8 Å². The first-order chi connectivity index (χ1) is 10.6. The van der Waals surface area contributed by atoms with E-state index in [9.17, 15) is 9.90 Å². The van der Waals surface area contributed by atoms with Crippen LogP contribution in [0.5, 0.6) is 5.75 Å². The van der Waals surface area contributed by atoms with Crippen molar-refractivity contribution >= 4 is 11.6 Å². The summed E-state index contributed by atoms with van der Waals surface area (Å²) >= 11 is 0. The molecule has 0 radical (unpaired) electrons. The maximum absolute atomic E-state index is 11.9. The maximum Gasteiger partial charge on any atom is 0.275 e. The van der Waals surface area contributed by atoms with E-state index in [0.717, 1.165) is 44.8 Å². The lowest BCUT2D eigenvalue weighted by atomic mass is 10.1. The minimum Gasteiger partial charge on any atom is -0.506 e. The third-order valence-corrected chi connectivity index (χ3v) is 4.15. The second-order valence-electron chi connectivity index (χ2n) is 6.44. The number of nitrogens with one attached hydrogen (secondary N) is 2. The molecule has 0 aliphatic carbocycles. The van der Waals surface area contributed by atoms with Crippen LogP contribution >= 0.6 is 0 Å². The highest BCUT2D eigenvalue weighted by Crippen LogP contribution is 2.25. The van der Waals surface area contributed by atoms with Gasteiger partial charge in [-0.05, 0) is 24.5 Å². The minimum absolute atomic E-state index is 0.145. The fourth-order valence-electron chi connectivity index (χ4n) is 2.76. The largest absolute Gasteiger partial charge is 0.506 e. The van der Waals surface area contributed by atoms with Gasteiger partial charge in [-0.1, -0.05) is 26.0 Å². The summed E-state index contributed by atoms with van der Waals surface area (Å²) in [5.41, 5.74) is 0.892. The molecule has 0 atom stereocenters. The molecule has 122 valence electrons. The number of hydrogen-bond donors (Lipinski definition) is 3. The highest BCUT2D eigenvalue weighted by atomic mass is 16.3. The van der Waals surface area contributed by atoms with Gasteiger partial charge < -0.3 is 20.2 Å². The van der Waals surface area contributed by atoms with Crippen molar-refractivity contribution in [3.05, 3.63) is 24.3 Å². The number of anilines is 1. The summed E-state index contributed by atoms with van der Waals surface area (Å²) in [6, 6.07) is 7.44. The molecule has 0 aromatic heterocycles. The van der Waals surface area contributed by atoms with E-state index in [4.69, 9.17) is 0 Å². The SMILES string of the molecule is CC(C)CCNC(=O)C[NH+]1CCN(c2ccccc2O)CC1. The number of para-hydroxylation sites is 2. The number of amides is 1. The second kappa shape index (κ2) is 8.03. The molecule has 1 fully saturated rings. The Labute approximate surface area is 132 Å². The van der Waals surface area contributed by atoms with Gasteiger partial charge in [0, 0.05) is 6.54 Å². The Bertz CT molecular complexity index is 483. The molecule has 1 aromatic rings. The van der Waals surface area contributed by atoms with Gasteiger partial charge in [0.05, 0.1) is 31.9 Å². The third kappa shape index (κ3) is 4.91. The van der Waals surface area contributed by atoms with E-state index >= 15 is 0 Å². The molecule has 1 aliphatic rings. The Balaban J connectivity index is 1.73. The first-order valence-electron chi connectivity index (χ1n) is 8.19. The Kier molecular flexibility index (Phi) is 6.07. The van der Waals surface area contributed by atoms with Crippen LogP contribution in [-0.4, -0.2) is 50.3 Å². The number of hydrogen-bond acceptors (Lipinski definition) is 3. The van der Waals surface area contributed by atoms with Crippen LogP contribution in [0.4, 0.5) is 5.69 Å². The number of benzene rings is 1. The van der Waals surface area contributed by atoms with E-state index in [1.807, 2.05) is 18.2 Å². The minimum atomic E-state index is 0.145. The summed E-state index contributed by atoms with van der Waals surface area (Å²) in [5, 5.41) is 12.9. The summed E-state index contributed by atoms with van der Waals surface area (Å²) in [6.07, 6.45) is 1.03. The maximum atomic E-state index is 11.9. The van der Waals surface area contributed by atoms with E-state index in [-0.39, 0.29) is 5.91 Å². The third-order valence-electron chi connectivity index (χ3n) is 4.15. The van der Waals surface area contributed by atoms with Crippen molar-refractivity contribution in [2.24, 2.45) is 5.92 Å². The summed E-state index contributed by atoms with van der Waals surface area (Å²) in [5.74, 6) is 1.10. The van der Waals surface area contributed by atoms with Gasteiger partial charge in [-0.3, -0.25) is 4.79 Å². The van der Waals surface area contributed by atoms with E-state index in [0.29, 0.717) is 18.2 Å². The average Bonchev–Trinajstić information content (AvgIpc) is 2.48.